The van der Waals surface area contributed by atoms with Gasteiger partial charge in [0.2, 0.25) is 5.95 Å². The zero-order valence-corrected chi connectivity index (χ0v) is 13.1. The quantitative estimate of drug-likeness (QED) is 0.790. The van der Waals surface area contributed by atoms with Crippen LogP contribution in [-0.2, 0) is 13.0 Å². The van der Waals surface area contributed by atoms with Crippen LogP contribution in [0.5, 0.6) is 0 Å². The molecular weight excluding hydrogens is 288 g/mol. The average Bonchev–Trinajstić information content (AvgIpc) is 3.29. The molecule has 2 aliphatic heterocycles. The lowest BCUT2D eigenvalue weighted by Crippen LogP contribution is -2.36. The standard InChI is InChI=1S/C17H20N6/c1-2-7-14-13(6-1)18-17(19-14)22-9-3-5-12(11-22)16-21-20-15-8-4-10-23(15)16/h1-2,6-7,12H,3-5,8-11H2,(H,18,19)/t12-/m1/s1. The van der Waals surface area contributed by atoms with Crippen molar-refractivity contribution in [3.05, 3.63) is 35.9 Å². The van der Waals surface area contributed by atoms with Gasteiger partial charge in [0.1, 0.15) is 11.6 Å². The van der Waals surface area contributed by atoms with Gasteiger partial charge in [0, 0.05) is 32.0 Å². The largest absolute Gasteiger partial charge is 0.342 e. The molecule has 118 valence electrons. The van der Waals surface area contributed by atoms with Crippen molar-refractivity contribution in [2.45, 2.75) is 38.1 Å². The highest BCUT2D eigenvalue weighted by molar-refractivity contribution is 5.77. The summed E-state index contributed by atoms with van der Waals surface area (Å²) in [6.45, 7) is 3.11. The fourth-order valence-corrected chi connectivity index (χ4v) is 3.94. The number of nitrogens with zero attached hydrogens (tertiary/aromatic N) is 5. The number of aromatic amines is 1. The molecule has 6 heteroatoms. The van der Waals surface area contributed by atoms with E-state index in [-0.39, 0.29) is 0 Å². The summed E-state index contributed by atoms with van der Waals surface area (Å²) in [4.78, 5) is 10.6. The molecule has 0 amide bonds. The molecule has 0 bridgehead atoms. The van der Waals surface area contributed by atoms with Crippen LogP contribution in [0.1, 0.15) is 36.8 Å². The van der Waals surface area contributed by atoms with Crippen LogP contribution >= 0.6 is 0 Å². The molecule has 1 aromatic carbocycles. The number of imidazole rings is 1. The minimum atomic E-state index is 0.455. The molecule has 1 fully saturated rings. The third-order valence-corrected chi connectivity index (χ3v) is 5.10. The fraction of sp³-hybridized carbons (Fsp3) is 0.471. The number of hydrogen-bond donors (Lipinski definition) is 1. The molecule has 0 aliphatic carbocycles. The first-order chi connectivity index (χ1) is 11.4. The Labute approximate surface area is 134 Å². The molecule has 6 nitrogen and oxygen atoms in total. The average molecular weight is 308 g/mol. The topological polar surface area (TPSA) is 62.6 Å². The number of H-pyrrole nitrogens is 1. The van der Waals surface area contributed by atoms with Crippen molar-refractivity contribution in [2.75, 3.05) is 18.0 Å². The molecule has 23 heavy (non-hydrogen) atoms. The highest BCUT2D eigenvalue weighted by Crippen LogP contribution is 2.30. The second-order valence-electron chi connectivity index (χ2n) is 6.59. The molecule has 1 N–H and O–H groups in total. The monoisotopic (exact) mass is 308 g/mol. The van der Waals surface area contributed by atoms with Crippen LogP contribution in [0.3, 0.4) is 0 Å². The van der Waals surface area contributed by atoms with Gasteiger partial charge in [-0.15, -0.1) is 10.2 Å². The predicted octanol–water partition coefficient (Wildman–Crippen LogP) is 2.48. The molecular formula is C17H20N6. The SMILES string of the molecule is c1ccc2[nH]c(N3CCC[C@@H](c4nnc5n4CCC5)C3)nc2c1. The van der Waals surface area contributed by atoms with Gasteiger partial charge in [-0.25, -0.2) is 4.98 Å². The van der Waals surface area contributed by atoms with Crippen LogP contribution in [0.4, 0.5) is 5.95 Å². The van der Waals surface area contributed by atoms with Gasteiger partial charge >= 0.3 is 0 Å². The van der Waals surface area contributed by atoms with Gasteiger partial charge in [0.15, 0.2) is 0 Å². The van der Waals surface area contributed by atoms with Crippen LogP contribution in [0.2, 0.25) is 0 Å². The molecule has 3 aromatic rings. The number of aromatic nitrogens is 5. The summed E-state index contributed by atoms with van der Waals surface area (Å²) in [7, 11) is 0. The van der Waals surface area contributed by atoms with Gasteiger partial charge in [-0.2, -0.15) is 0 Å². The summed E-state index contributed by atoms with van der Waals surface area (Å²) in [6, 6.07) is 8.22. The molecule has 0 saturated carbocycles. The van der Waals surface area contributed by atoms with Crippen molar-refractivity contribution in [3.63, 3.8) is 0 Å². The summed E-state index contributed by atoms with van der Waals surface area (Å²) in [6.07, 6.45) is 4.64. The van der Waals surface area contributed by atoms with E-state index in [0.29, 0.717) is 5.92 Å². The second kappa shape index (κ2) is 5.08. The maximum absolute atomic E-state index is 4.75. The number of piperidine rings is 1. The minimum absolute atomic E-state index is 0.455. The number of benzene rings is 1. The van der Waals surface area contributed by atoms with Crippen molar-refractivity contribution >= 4 is 17.0 Å². The normalized spacial score (nSPS) is 21.0. The molecule has 0 spiro atoms. The number of anilines is 1. The van der Waals surface area contributed by atoms with E-state index in [9.17, 15) is 0 Å². The van der Waals surface area contributed by atoms with Crippen LogP contribution in [-0.4, -0.2) is 37.8 Å². The number of fused-ring (bicyclic) bond motifs is 2. The van der Waals surface area contributed by atoms with Gasteiger partial charge in [-0.05, 0) is 31.4 Å². The lowest BCUT2D eigenvalue weighted by atomic mass is 9.97. The van der Waals surface area contributed by atoms with Gasteiger partial charge in [-0.1, -0.05) is 12.1 Å². The fourth-order valence-electron chi connectivity index (χ4n) is 3.94. The van der Waals surface area contributed by atoms with E-state index >= 15 is 0 Å². The lowest BCUT2D eigenvalue weighted by molar-refractivity contribution is 0.469. The maximum Gasteiger partial charge on any atom is 0.203 e. The zero-order valence-electron chi connectivity index (χ0n) is 13.1. The van der Waals surface area contributed by atoms with Gasteiger partial charge in [0.05, 0.1) is 11.0 Å². The Balaban J connectivity index is 1.44. The highest BCUT2D eigenvalue weighted by atomic mass is 15.3. The van der Waals surface area contributed by atoms with E-state index in [1.165, 1.54) is 30.9 Å². The number of para-hydroxylation sites is 2. The summed E-state index contributed by atoms with van der Waals surface area (Å²) >= 11 is 0. The van der Waals surface area contributed by atoms with E-state index in [4.69, 9.17) is 4.98 Å². The summed E-state index contributed by atoms with van der Waals surface area (Å²) < 4.78 is 2.34. The van der Waals surface area contributed by atoms with E-state index < -0.39 is 0 Å². The summed E-state index contributed by atoms with van der Waals surface area (Å²) in [5, 5.41) is 8.86. The van der Waals surface area contributed by atoms with Crippen LogP contribution in [0, 0.1) is 0 Å². The first kappa shape index (κ1) is 13.1. The molecule has 2 aliphatic rings. The minimum Gasteiger partial charge on any atom is -0.342 e. The Kier molecular flexibility index (Phi) is 2.89. The van der Waals surface area contributed by atoms with Crippen LogP contribution in [0.25, 0.3) is 11.0 Å². The molecule has 0 radical (unpaired) electrons. The van der Waals surface area contributed by atoms with E-state index in [1.54, 1.807) is 0 Å². The summed E-state index contributed by atoms with van der Waals surface area (Å²) in [5.74, 6) is 3.78. The molecule has 5 rings (SSSR count). The number of hydrogen-bond acceptors (Lipinski definition) is 4. The first-order valence-corrected chi connectivity index (χ1v) is 8.50. The molecule has 2 aromatic heterocycles. The third-order valence-electron chi connectivity index (χ3n) is 5.10. The molecule has 1 saturated heterocycles. The van der Waals surface area contributed by atoms with Crippen molar-refractivity contribution in [2.24, 2.45) is 0 Å². The number of aryl methyl sites for hydroxylation is 1. The third kappa shape index (κ3) is 2.12. The van der Waals surface area contributed by atoms with Crippen molar-refractivity contribution in [1.82, 2.24) is 24.7 Å². The molecule has 4 heterocycles. The number of rotatable bonds is 2. The smallest absolute Gasteiger partial charge is 0.203 e. The second-order valence-corrected chi connectivity index (χ2v) is 6.59. The van der Waals surface area contributed by atoms with E-state index in [1.807, 2.05) is 12.1 Å². The maximum atomic E-state index is 4.75. The number of nitrogens with one attached hydrogen (secondary N) is 1. The molecule has 1 atom stereocenters. The molecule has 0 unspecified atom stereocenters. The van der Waals surface area contributed by atoms with Gasteiger partial charge < -0.3 is 14.5 Å². The van der Waals surface area contributed by atoms with Gasteiger partial charge in [0.25, 0.3) is 0 Å². The Bertz CT molecular complexity index is 815. The van der Waals surface area contributed by atoms with Crippen molar-refractivity contribution in [1.29, 1.82) is 0 Å². The highest BCUT2D eigenvalue weighted by Gasteiger charge is 2.29. The summed E-state index contributed by atoms with van der Waals surface area (Å²) in [5.41, 5.74) is 2.14. The van der Waals surface area contributed by atoms with Crippen LogP contribution < -0.4 is 4.90 Å². The van der Waals surface area contributed by atoms with E-state index in [0.717, 1.165) is 43.0 Å². The van der Waals surface area contributed by atoms with Gasteiger partial charge in [-0.3, -0.25) is 0 Å². The zero-order chi connectivity index (χ0) is 15.2. The predicted molar refractivity (Wildman–Crippen MR) is 88.6 cm³/mol. The Morgan fingerprint density at radius 2 is 2.04 bits per heavy atom. The Morgan fingerprint density at radius 3 is 3.00 bits per heavy atom. The van der Waals surface area contributed by atoms with E-state index in [2.05, 4.69) is 36.8 Å². The van der Waals surface area contributed by atoms with Crippen LogP contribution in [0.15, 0.2) is 24.3 Å². The van der Waals surface area contributed by atoms with Crippen molar-refractivity contribution < 1.29 is 0 Å². The lowest BCUT2D eigenvalue weighted by Gasteiger charge is -2.32. The Hall–Kier alpha value is -2.37. The first-order valence-electron chi connectivity index (χ1n) is 8.50. The Morgan fingerprint density at radius 1 is 1.09 bits per heavy atom. The van der Waals surface area contributed by atoms with Crippen molar-refractivity contribution in [3.8, 4) is 0 Å².